The van der Waals surface area contributed by atoms with Crippen molar-refractivity contribution in [1.29, 1.82) is 0 Å². The maximum atomic E-state index is 11.3. The molecule has 1 aromatic carbocycles. The average molecular weight is 279 g/mol. The van der Waals surface area contributed by atoms with E-state index >= 15 is 0 Å². The van der Waals surface area contributed by atoms with Gasteiger partial charge in [-0.1, -0.05) is 20.8 Å². The van der Waals surface area contributed by atoms with Gasteiger partial charge in [-0.2, -0.15) is 0 Å². The van der Waals surface area contributed by atoms with Crippen molar-refractivity contribution < 1.29 is 4.92 Å². The molecule has 1 heterocycles. The summed E-state index contributed by atoms with van der Waals surface area (Å²) in [4.78, 5) is 15.0. The fourth-order valence-corrected chi connectivity index (χ4v) is 2.38. The summed E-state index contributed by atoms with van der Waals surface area (Å²) in [6, 6.07) is 3.64. The Hall–Kier alpha value is -1.69. The minimum Gasteiger partial charge on any atom is -0.379 e. The number of thiazole rings is 1. The third-order valence-corrected chi connectivity index (χ3v) is 4.17. The smallest absolute Gasteiger partial charge is 0.319 e. The fraction of sp³-hybridized carbons (Fsp3) is 0.462. The third kappa shape index (κ3) is 2.84. The van der Waals surface area contributed by atoms with Crippen molar-refractivity contribution in [2.75, 3.05) is 11.9 Å². The lowest BCUT2D eigenvalue weighted by Crippen LogP contribution is -2.22. The number of hydrogen-bond donors (Lipinski definition) is 1. The second kappa shape index (κ2) is 5.13. The van der Waals surface area contributed by atoms with Gasteiger partial charge in [0.15, 0.2) is 5.52 Å². The van der Waals surface area contributed by atoms with Crippen molar-refractivity contribution in [2.45, 2.75) is 27.2 Å². The van der Waals surface area contributed by atoms with Crippen LogP contribution < -0.4 is 5.32 Å². The van der Waals surface area contributed by atoms with Crippen LogP contribution in [0.25, 0.3) is 10.2 Å². The largest absolute Gasteiger partial charge is 0.379 e. The molecule has 0 atom stereocenters. The normalized spacial score (nSPS) is 11.7. The highest BCUT2D eigenvalue weighted by molar-refractivity contribution is 7.16. The van der Waals surface area contributed by atoms with Crippen molar-refractivity contribution in [3.05, 3.63) is 27.8 Å². The van der Waals surface area contributed by atoms with E-state index in [1.807, 2.05) is 6.07 Å². The summed E-state index contributed by atoms with van der Waals surface area (Å²) >= 11 is 1.41. The number of rotatable bonds is 5. The molecule has 2 aromatic rings. The van der Waals surface area contributed by atoms with Crippen molar-refractivity contribution >= 4 is 32.9 Å². The van der Waals surface area contributed by atoms with Crippen molar-refractivity contribution in [3.8, 4) is 0 Å². The Morgan fingerprint density at radius 2 is 2.21 bits per heavy atom. The molecule has 19 heavy (non-hydrogen) atoms. The predicted octanol–water partition coefficient (Wildman–Crippen LogP) is 4.05. The topological polar surface area (TPSA) is 68.1 Å². The number of nitro groups is 1. The van der Waals surface area contributed by atoms with Crippen molar-refractivity contribution in [3.63, 3.8) is 0 Å². The highest BCUT2D eigenvalue weighted by Gasteiger charge is 2.22. The molecule has 0 spiro atoms. The fourth-order valence-electron chi connectivity index (χ4n) is 1.70. The lowest BCUT2D eigenvalue weighted by Gasteiger charge is -2.23. The van der Waals surface area contributed by atoms with E-state index in [0.29, 0.717) is 17.7 Å². The summed E-state index contributed by atoms with van der Waals surface area (Å²) in [7, 11) is 0. The van der Waals surface area contributed by atoms with Gasteiger partial charge >= 0.3 is 5.69 Å². The number of anilines is 1. The first-order valence-electron chi connectivity index (χ1n) is 6.19. The summed E-state index contributed by atoms with van der Waals surface area (Å²) in [6.07, 6.45) is 1.01. The minimum atomic E-state index is -0.358. The number of benzene rings is 1. The number of nitrogens with zero attached hydrogens (tertiary/aromatic N) is 2. The Kier molecular flexibility index (Phi) is 3.71. The van der Waals surface area contributed by atoms with Gasteiger partial charge in [-0.25, -0.2) is 4.98 Å². The summed E-state index contributed by atoms with van der Waals surface area (Å²) in [6.45, 7) is 7.07. The summed E-state index contributed by atoms with van der Waals surface area (Å²) in [5.74, 6) is 0. The van der Waals surface area contributed by atoms with Crippen LogP contribution in [0.5, 0.6) is 0 Å². The van der Waals surface area contributed by atoms with Crippen LogP contribution in [0.4, 0.5) is 11.4 Å². The lowest BCUT2D eigenvalue weighted by atomic mass is 9.90. The second-order valence-electron chi connectivity index (χ2n) is 5.29. The number of aromatic nitrogens is 1. The first kappa shape index (κ1) is 13.7. The predicted molar refractivity (Wildman–Crippen MR) is 78.8 cm³/mol. The van der Waals surface area contributed by atoms with Gasteiger partial charge in [-0.15, -0.1) is 11.3 Å². The molecule has 2 rings (SSSR count). The Labute approximate surface area is 115 Å². The monoisotopic (exact) mass is 279 g/mol. The lowest BCUT2D eigenvalue weighted by molar-refractivity contribution is -0.382. The van der Waals surface area contributed by atoms with Crippen LogP contribution in [0.2, 0.25) is 0 Å². The van der Waals surface area contributed by atoms with Gasteiger partial charge in [-0.3, -0.25) is 10.1 Å². The zero-order valence-electron chi connectivity index (χ0n) is 11.3. The van der Waals surface area contributed by atoms with Crippen LogP contribution in [0, 0.1) is 15.5 Å². The molecule has 0 aliphatic rings. The Bertz CT molecular complexity index is 607. The molecular weight excluding hydrogens is 262 g/mol. The van der Waals surface area contributed by atoms with Crippen LogP contribution in [-0.2, 0) is 0 Å². The maximum absolute atomic E-state index is 11.3. The Morgan fingerprint density at radius 1 is 1.47 bits per heavy atom. The van der Waals surface area contributed by atoms with Crippen LogP contribution in [-0.4, -0.2) is 16.5 Å². The zero-order valence-corrected chi connectivity index (χ0v) is 12.1. The van der Waals surface area contributed by atoms with E-state index in [0.717, 1.165) is 11.1 Å². The average Bonchev–Trinajstić information content (AvgIpc) is 2.83. The van der Waals surface area contributed by atoms with Gasteiger partial charge in [0.05, 0.1) is 15.1 Å². The molecule has 5 nitrogen and oxygen atoms in total. The van der Waals surface area contributed by atoms with Gasteiger partial charge in [-0.05, 0) is 24.0 Å². The minimum absolute atomic E-state index is 0.0747. The first-order chi connectivity index (χ1) is 8.94. The van der Waals surface area contributed by atoms with Gasteiger partial charge in [0.1, 0.15) is 5.69 Å². The molecule has 0 unspecified atom stereocenters. The third-order valence-electron chi connectivity index (χ3n) is 3.37. The molecule has 1 aromatic heterocycles. The maximum Gasteiger partial charge on any atom is 0.319 e. The number of nitro benzene ring substituents is 1. The molecule has 0 aliphatic carbocycles. The summed E-state index contributed by atoms with van der Waals surface area (Å²) < 4.78 is 0.840. The number of nitrogens with one attached hydrogen (secondary N) is 1. The molecule has 0 bridgehead atoms. The molecule has 0 saturated carbocycles. The van der Waals surface area contributed by atoms with Gasteiger partial charge < -0.3 is 5.32 Å². The van der Waals surface area contributed by atoms with Crippen LogP contribution in [0.3, 0.4) is 0 Å². The van der Waals surface area contributed by atoms with E-state index in [1.54, 1.807) is 11.6 Å². The first-order valence-corrected chi connectivity index (χ1v) is 7.07. The van der Waals surface area contributed by atoms with E-state index in [1.165, 1.54) is 11.3 Å². The van der Waals surface area contributed by atoms with Gasteiger partial charge in [0.25, 0.3) is 0 Å². The molecule has 102 valence electrons. The number of hydrogen-bond acceptors (Lipinski definition) is 5. The second-order valence-corrected chi connectivity index (χ2v) is 6.18. The van der Waals surface area contributed by atoms with Crippen molar-refractivity contribution in [1.82, 2.24) is 4.98 Å². The summed E-state index contributed by atoms with van der Waals surface area (Å²) in [5, 5.41) is 14.4. The molecule has 0 saturated heterocycles. The quantitative estimate of drug-likeness (QED) is 0.662. The SMILES string of the molecule is CCC(C)(C)CNc1ccc2scnc2c1[N+](=O)[O-]. The highest BCUT2D eigenvalue weighted by atomic mass is 32.1. The van der Waals surface area contributed by atoms with Crippen LogP contribution in [0.1, 0.15) is 27.2 Å². The van der Waals surface area contributed by atoms with Gasteiger partial charge in [0.2, 0.25) is 0 Å². The van der Waals surface area contributed by atoms with E-state index in [4.69, 9.17) is 0 Å². The van der Waals surface area contributed by atoms with Crippen LogP contribution >= 0.6 is 11.3 Å². The molecule has 0 fully saturated rings. The van der Waals surface area contributed by atoms with E-state index in [-0.39, 0.29) is 16.0 Å². The molecule has 0 radical (unpaired) electrons. The molecule has 0 amide bonds. The molecular formula is C13H17N3O2S. The Balaban J connectivity index is 2.37. The summed E-state index contributed by atoms with van der Waals surface area (Å²) in [5.41, 5.74) is 2.83. The van der Waals surface area contributed by atoms with Crippen molar-refractivity contribution in [2.24, 2.45) is 5.41 Å². The molecule has 1 N–H and O–H groups in total. The van der Waals surface area contributed by atoms with E-state index < -0.39 is 0 Å². The van der Waals surface area contributed by atoms with Gasteiger partial charge in [0, 0.05) is 6.54 Å². The molecule has 0 aliphatic heterocycles. The van der Waals surface area contributed by atoms with E-state index in [2.05, 4.69) is 31.1 Å². The highest BCUT2D eigenvalue weighted by Crippen LogP contribution is 2.35. The van der Waals surface area contributed by atoms with E-state index in [9.17, 15) is 10.1 Å². The Morgan fingerprint density at radius 3 is 2.84 bits per heavy atom. The number of fused-ring (bicyclic) bond motifs is 1. The van der Waals surface area contributed by atoms with Crippen LogP contribution in [0.15, 0.2) is 17.6 Å². The molecule has 6 heteroatoms. The standard InChI is InChI=1S/C13H17N3O2S/c1-4-13(2,3)7-14-9-5-6-10-11(15-8-19-10)12(9)16(17)18/h5-6,8,14H,4,7H2,1-3H3. The zero-order chi connectivity index (χ0) is 14.0.